The highest BCUT2D eigenvalue weighted by Gasteiger charge is 2.62. The Hall–Kier alpha value is -0.960. The van der Waals surface area contributed by atoms with E-state index in [1.54, 1.807) is 6.42 Å². The summed E-state index contributed by atoms with van der Waals surface area (Å²) in [7, 11) is 0. The van der Waals surface area contributed by atoms with Crippen LogP contribution in [0.2, 0.25) is 0 Å². The third-order valence-corrected chi connectivity index (χ3v) is 9.09. The molecule has 1 atom stereocenters. The second-order valence-electron chi connectivity index (χ2n) is 8.20. The molecule has 114 valence electrons. The molecule has 4 bridgehead atoms. The second-order valence-corrected chi connectivity index (χ2v) is 9.64. The smallest absolute Gasteiger partial charge is 0.119 e. The van der Waals surface area contributed by atoms with Gasteiger partial charge in [-0.25, -0.2) is 0 Å². The van der Waals surface area contributed by atoms with Crippen LogP contribution in [0.3, 0.4) is 0 Å². The second kappa shape index (κ2) is 4.11. The average molecular weight is 310 g/mol. The maximum absolute atomic E-state index is 4.83. The molecule has 5 fully saturated rings. The summed E-state index contributed by atoms with van der Waals surface area (Å²) >= 11 is 2.29. The Labute approximate surface area is 136 Å². The number of benzene rings is 1. The molecule has 3 heteroatoms. The van der Waals surface area contributed by atoms with Gasteiger partial charge in [0.05, 0.1) is 12.8 Å². The van der Waals surface area contributed by atoms with Crippen LogP contribution in [0.15, 0.2) is 29.4 Å². The predicted molar refractivity (Wildman–Crippen MR) is 90.9 cm³/mol. The van der Waals surface area contributed by atoms with Crippen LogP contribution in [0.5, 0.6) is 0 Å². The third kappa shape index (κ3) is 1.46. The van der Waals surface area contributed by atoms with E-state index >= 15 is 0 Å². The molecule has 1 saturated heterocycles. The molecule has 4 saturated carbocycles. The normalized spacial score (nSPS) is 47.1. The van der Waals surface area contributed by atoms with Crippen molar-refractivity contribution in [3.63, 3.8) is 0 Å². The van der Waals surface area contributed by atoms with E-state index in [0.29, 0.717) is 10.1 Å². The molecule has 4 aliphatic carbocycles. The fourth-order valence-electron chi connectivity index (χ4n) is 6.39. The van der Waals surface area contributed by atoms with Gasteiger partial charge in [0, 0.05) is 10.3 Å². The molecule has 1 aromatic carbocycles. The summed E-state index contributed by atoms with van der Waals surface area (Å²) in [5, 5.41) is 7.71. The SMILES string of the molecule is C1=NN2CC3(SC2c2ccccc21)C1CC2CC(C1)CC3C2. The Morgan fingerprint density at radius 3 is 2.50 bits per heavy atom. The van der Waals surface area contributed by atoms with E-state index in [4.69, 9.17) is 5.10 Å². The van der Waals surface area contributed by atoms with E-state index in [0.717, 1.165) is 23.7 Å². The number of rotatable bonds is 0. The van der Waals surface area contributed by atoms with Gasteiger partial charge in [-0.15, -0.1) is 11.8 Å². The van der Waals surface area contributed by atoms with Crippen LogP contribution >= 0.6 is 11.8 Å². The molecular weight excluding hydrogens is 288 g/mol. The molecule has 2 nitrogen and oxygen atoms in total. The monoisotopic (exact) mass is 310 g/mol. The van der Waals surface area contributed by atoms with Gasteiger partial charge in [-0.1, -0.05) is 24.3 Å². The molecule has 6 aliphatic rings. The highest BCUT2D eigenvalue weighted by atomic mass is 32.2. The van der Waals surface area contributed by atoms with Crippen molar-refractivity contribution in [2.75, 3.05) is 6.54 Å². The first-order chi connectivity index (χ1) is 10.8. The Bertz CT molecular complexity index is 639. The molecule has 0 radical (unpaired) electrons. The Kier molecular flexibility index (Phi) is 2.33. The van der Waals surface area contributed by atoms with E-state index in [1.807, 2.05) is 0 Å². The van der Waals surface area contributed by atoms with Crippen LogP contribution < -0.4 is 0 Å². The van der Waals surface area contributed by atoms with Gasteiger partial charge >= 0.3 is 0 Å². The number of fused-ring (bicyclic) bond motifs is 3. The van der Waals surface area contributed by atoms with Crippen molar-refractivity contribution in [3.05, 3.63) is 35.4 Å². The lowest BCUT2D eigenvalue weighted by atomic mass is 9.51. The maximum Gasteiger partial charge on any atom is 0.119 e. The minimum Gasteiger partial charge on any atom is -0.278 e. The van der Waals surface area contributed by atoms with Crippen molar-refractivity contribution in [1.29, 1.82) is 0 Å². The van der Waals surface area contributed by atoms with Crippen LogP contribution in [0.1, 0.15) is 48.6 Å². The van der Waals surface area contributed by atoms with Gasteiger partial charge in [-0.2, -0.15) is 5.10 Å². The van der Waals surface area contributed by atoms with E-state index in [1.165, 1.54) is 43.4 Å². The number of hydrogen-bond donors (Lipinski definition) is 0. The zero-order valence-electron chi connectivity index (χ0n) is 12.8. The first-order valence-corrected chi connectivity index (χ1v) is 9.77. The molecule has 0 N–H and O–H groups in total. The topological polar surface area (TPSA) is 15.6 Å². The number of hydrogen-bond acceptors (Lipinski definition) is 3. The largest absolute Gasteiger partial charge is 0.278 e. The van der Waals surface area contributed by atoms with Crippen molar-refractivity contribution < 1.29 is 0 Å². The highest BCUT2D eigenvalue weighted by molar-refractivity contribution is 8.01. The lowest BCUT2D eigenvalue weighted by molar-refractivity contribution is -0.0224. The molecule has 2 heterocycles. The summed E-state index contributed by atoms with van der Waals surface area (Å²) in [6, 6.07) is 8.87. The van der Waals surface area contributed by atoms with Crippen molar-refractivity contribution in [3.8, 4) is 0 Å². The highest BCUT2D eigenvalue weighted by Crippen LogP contribution is 2.68. The average Bonchev–Trinajstić information content (AvgIpc) is 2.93. The Morgan fingerprint density at radius 2 is 1.73 bits per heavy atom. The minimum atomic E-state index is 0.471. The molecule has 1 spiro atoms. The van der Waals surface area contributed by atoms with Gasteiger partial charge in [-0.3, -0.25) is 5.01 Å². The van der Waals surface area contributed by atoms with E-state index in [-0.39, 0.29) is 0 Å². The number of nitrogens with zero attached hydrogens (tertiary/aromatic N) is 2. The summed E-state index contributed by atoms with van der Waals surface area (Å²) in [6.07, 6.45) is 9.65. The van der Waals surface area contributed by atoms with Crippen LogP contribution in [-0.4, -0.2) is 22.5 Å². The first-order valence-electron chi connectivity index (χ1n) is 8.89. The van der Waals surface area contributed by atoms with E-state index < -0.39 is 0 Å². The van der Waals surface area contributed by atoms with Gasteiger partial charge in [-0.05, 0) is 61.3 Å². The van der Waals surface area contributed by atoms with Crippen molar-refractivity contribution in [2.24, 2.45) is 28.8 Å². The molecule has 0 amide bonds. The van der Waals surface area contributed by atoms with Crippen LogP contribution in [0.25, 0.3) is 0 Å². The third-order valence-electron chi connectivity index (χ3n) is 7.14. The van der Waals surface area contributed by atoms with Gasteiger partial charge in [0.2, 0.25) is 0 Å². The van der Waals surface area contributed by atoms with Crippen LogP contribution in [0, 0.1) is 23.7 Å². The summed E-state index contributed by atoms with van der Waals surface area (Å²) in [5.74, 6) is 4.03. The van der Waals surface area contributed by atoms with Gasteiger partial charge in [0.15, 0.2) is 0 Å². The quantitative estimate of drug-likeness (QED) is 0.711. The Morgan fingerprint density at radius 1 is 1.00 bits per heavy atom. The lowest BCUT2D eigenvalue weighted by Crippen LogP contribution is -2.57. The molecular formula is C19H22N2S. The van der Waals surface area contributed by atoms with Crippen molar-refractivity contribution in [2.45, 2.75) is 42.2 Å². The van der Waals surface area contributed by atoms with Gasteiger partial charge < -0.3 is 0 Å². The molecule has 7 rings (SSSR count). The van der Waals surface area contributed by atoms with E-state index in [2.05, 4.69) is 47.3 Å². The molecule has 1 unspecified atom stereocenters. The molecule has 1 aromatic rings. The van der Waals surface area contributed by atoms with Gasteiger partial charge in [0.1, 0.15) is 5.37 Å². The van der Waals surface area contributed by atoms with Gasteiger partial charge in [0.25, 0.3) is 0 Å². The first kappa shape index (κ1) is 12.5. The van der Waals surface area contributed by atoms with Crippen molar-refractivity contribution in [1.82, 2.24) is 5.01 Å². The summed E-state index contributed by atoms with van der Waals surface area (Å²) < 4.78 is 0.507. The number of thioether (sulfide) groups is 1. The lowest BCUT2D eigenvalue weighted by Gasteiger charge is -2.59. The van der Waals surface area contributed by atoms with E-state index in [9.17, 15) is 0 Å². The van der Waals surface area contributed by atoms with Crippen LogP contribution in [0.4, 0.5) is 0 Å². The predicted octanol–water partition coefficient (Wildman–Crippen LogP) is 4.28. The Balaban J connectivity index is 1.42. The molecule has 2 aliphatic heterocycles. The summed E-state index contributed by atoms with van der Waals surface area (Å²) in [4.78, 5) is 0. The fraction of sp³-hybridized carbons (Fsp3) is 0.632. The zero-order valence-corrected chi connectivity index (χ0v) is 13.6. The van der Waals surface area contributed by atoms with Crippen LogP contribution in [-0.2, 0) is 0 Å². The summed E-state index contributed by atoms with van der Waals surface area (Å²) in [6.45, 7) is 1.20. The maximum atomic E-state index is 4.83. The van der Waals surface area contributed by atoms with Crippen molar-refractivity contribution >= 4 is 18.0 Å². The standard InChI is InChI=1S/C19H22N2S/c1-2-4-17-14(3-1)10-20-21-11-19(22-18(17)21)15-6-12-5-13(8-15)9-16(19)7-12/h1-4,10,12-13,15-16,18H,5-9,11H2. The number of hydrazone groups is 1. The summed E-state index contributed by atoms with van der Waals surface area (Å²) in [5.41, 5.74) is 2.82. The zero-order chi connectivity index (χ0) is 14.3. The molecule has 0 aromatic heterocycles. The molecule has 22 heavy (non-hydrogen) atoms. The minimum absolute atomic E-state index is 0.471. The fourth-order valence-corrected chi connectivity index (χ4v) is 8.37.